The van der Waals surface area contributed by atoms with Gasteiger partial charge in [0.1, 0.15) is 11.4 Å². The Hall–Kier alpha value is -3.29. The monoisotopic (exact) mass is 484 g/mol. The van der Waals surface area contributed by atoms with Crippen LogP contribution in [0.5, 0.6) is 0 Å². The number of aromatic nitrogens is 2. The van der Waals surface area contributed by atoms with E-state index in [-0.39, 0.29) is 5.78 Å². The van der Waals surface area contributed by atoms with E-state index in [1.54, 1.807) is 0 Å². The van der Waals surface area contributed by atoms with Crippen LogP contribution < -0.4 is 20.7 Å². The first-order valence-electron chi connectivity index (χ1n) is 13.1. The smallest absolute Gasteiger partial charge is 0.229 e. The summed E-state index contributed by atoms with van der Waals surface area (Å²) in [5.74, 6) is 0.0681. The summed E-state index contributed by atoms with van der Waals surface area (Å²) in [6.07, 6.45) is 2.13. The molecule has 0 unspecified atom stereocenters. The molecule has 0 spiro atoms. The van der Waals surface area contributed by atoms with Gasteiger partial charge in [0.15, 0.2) is 0 Å². The van der Waals surface area contributed by atoms with Crippen molar-refractivity contribution in [1.29, 1.82) is 0 Å². The first-order chi connectivity index (χ1) is 17.5. The summed E-state index contributed by atoms with van der Waals surface area (Å²) in [5, 5.41) is 13.7. The fourth-order valence-electron chi connectivity index (χ4n) is 6.02. The number of ketones is 1. The number of aryl methyl sites for hydroxylation is 2. The minimum absolute atomic E-state index is 0.0681. The Balaban J connectivity index is 1.51. The van der Waals surface area contributed by atoms with Crippen molar-refractivity contribution in [3.05, 3.63) is 71.0 Å². The van der Waals surface area contributed by atoms with Gasteiger partial charge in [0, 0.05) is 49.0 Å². The van der Waals surface area contributed by atoms with Crippen molar-refractivity contribution < 1.29 is 4.79 Å². The van der Waals surface area contributed by atoms with Gasteiger partial charge >= 0.3 is 0 Å². The Morgan fingerprint density at radius 2 is 1.17 bits per heavy atom. The van der Waals surface area contributed by atoms with Gasteiger partial charge in [-0.1, -0.05) is 23.3 Å². The number of rotatable bonds is 6. The van der Waals surface area contributed by atoms with E-state index in [9.17, 15) is 4.79 Å². The quantitative estimate of drug-likeness (QED) is 0.412. The molecule has 2 aliphatic heterocycles. The molecule has 2 saturated heterocycles. The first kappa shape index (κ1) is 23.1. The predicted molar refractivity (Wildman–Crippen MR) is 148 cm³/mol. The second-order valence-electron chi connectivity index (χ2n) is 10.5. The average Bonchev–Trinajstić information content (AvgIpc) is 3.66. The molecule has 2 aromatic heterocycles. The average molecular weight is 485 g/mol. The summed E-state index contributed by atoms with van der Waals surface area (Å²) >= 11 is 0. The summed E-state index contributed by atoms with van der Waals surface area (Å²) in [6, 6.07) is 18.0. The highest BCUT2D eigenvalue weighted by Gasteiger charge is 2.31. The zero-order valence-electron chi connectivity index (χ0n) is 21.7. The maximum absolute atomic E-state index is 14.5. The third-order valence-electron chi connectivity index (χ3n) is 8.04. The van der Waals surface area contributed by atoms with Crippen LogP contribution in [0, 0.1) is 13.8 Å². The zero-order chi connectivity index (χ0) is 25.0. The molecule has 4 aromatic rings. The lowest BCUT2D eigenvalue weighted by atomic mass is 10.1. The summed E-state index contributed by atoms with van der Waals surface area (Å²) in [5.41, 5.74) is 6.06. The number of hydrogen-bond donors (Lipinski definition) is 2. The molecule has 0 bridgehead atoms. The molecule has 2 fully saturated rings. The molecule has 7 nitrogen and oxygen atoms in total. The standard InChI is InChI=1S/C29H36N6O/c1-19-5-7-25-21(13-19)15-27(34(25)32-11-9-23(17-32)30-3)29(36)28-16-22-14-20(2)6-8-26(22)35(28)33-12-10-24(18-33)31-4/h5-8,13-16,23-24,30-31H,9-12,17-18H2,1-4H3/t23-,24-/m1/s1. The number of carbonyl (C=O) groups is 1. The lowest BCUT2D eigenvalue weighted by Crippen LogP contribution is -2.39. The maximum Gasteiger partial charge on any atom is 0.229 e. The van der Waals surface area contributed by atoms with Gasteiger partial charge in [0.2, 0.25) is 5.78 Å². The molecule has 7 heteroatoms. The van der Waals surface area contributed by atoms with Crippen LogP contribution in [0.15, 0.2) is 48.5 Å². The molecule has 0 radical (unpaired) electrons. The van der Waals surface area contributed by atoms with Gasteiger partial charge in [-0.2, -0.15) is 0 Å². The minimum atomic E-state index is 0.0681. The Labute approximate surface area is 212 Å². The third-order valence-corrected chi connectivity index (χ3v) is 8.04. The fourth-order valence-corrected chi connectivity index (χ4v) is 6.02. The molecule has 2 atom stereocenters. The Bertz CT molecular complexity index is 1340. The van der Waals surface area contributed by atoms with Crippen molar-refractivity contribution >= 4 is 27.6 Å². The van der Waals surface area contributed by atoms with Crippen molar-refractivity contribution in [3.8, 4) is 0 Å². The fraction of sp³-hybridized carbons (Fsp3) is 0.414. The van der Waals surface area contributed by atoms with Gasteiger partial charge in [-0.05, 0) is 77.2 Å². The topological polar surface area (TPSA) is 57.5 Å². The Morgan fingerprint density at radius 3 is 1.56 bits per heavy atom. The van der Waals surface area contributed by atoms with Crippen LogP contribution in [-0.4, -0.2) is 67.5 Å². The molecule has 0 amide bonds. The summed E-state index contributed by atoms with van der Waals surface area (Å²) in [4.78, 5) is 14.5. The van der Waals surface area contributed by atoms with Crippen LogP contribution in [0.25, 0.3) is 21.8 Å². The minimum Gasteiger partial charge on any atom is -0.315 e. The number of likely N-dealkylation sites (N-methyl/N-ethyl adjacent to an activating group) is 2. The Morgan fingerprint density at radius 1 is 0.722 bits per heavy atom. The molecule has 0 saturated carbocycles. The maximum atomic E-state index is 14.5. The second-order valence-corrected chi connectivity index (χ2v) is 10.5. The molecule has 36 heavy (non-hydrogen) atoms. The molecule has 188 valence electrons. The van der Waals surface area contributed by atoms with Gasteiger partial charge in [-0.25, -0.2) is 0 Å². The van der Waals surface area contributed by atoms with Gasteiger partial charge in [-0.15, -0.1) is 0 Å². The lowest BCUT2D eigenvalue weighted by molar-refractivity contribution is 0.102. The SMILES string of the molecule is CN[C@@H]1CCN(n2c(C(=O)c3cc4cc(C)ccc4n3N3CC[C@@H](NC)C3)cc3cc(C)ccc32)C1. The number of nitrogens with zero attached hydrogens (tertiary/aromatic N) is 4. The van der Waals surface area contributed by atoms with E-state index in [0.717, 1.165) is 72.2 Å². The highest BCUT2D eigenvalue weighted by molar-refractivity contribution is 6.12. The van der Waals surface area contributed by atoms with Crippen LogP contribution in [-0.2, 0) is 0 Å². The molecular weight excluding hydrogens is 448 g/mol. The van der Waals surface area contributed by atoms with Crippen LogP contribution in [0.3, 0.4) is 0 Å². The second kappa shape index (κ2) is 8.98. The third kappa shape index (κ3) is 3.78. The van der Waals surface area contributed by atoms with Crippen molar-refractivity contribution in [1.82, 2.24) is 20.0 Å². The van der Waals surface area contributed by atoms with Gasteiger partial charge in [0.05, 0.1) is 11.0 Å². The molecular formula is C29H36N6O. The number of carbonyl (C=O) groups excluding carboxylic acids is 1. The number of fused-ring (bicyclic) bond motifs is 2. The first-order valence-corrected chi connectivity index (χ1v) is 13.1. The van der Waals surface area contributed by atoms with Crippen molar-refractivity contribution in [2.75, 3.05) is 50.3 Å². The van der Waals surface area contributed by atoms with E-state index >= 15 is 0 Å². The molecule has 2 N–H and O–H groups in total. The van der Waals surface area contributed by atoms with Crippen LogP contribution in [0.4, 0.5) is 0 Å². The van der Waals surface area contributed by atoms with Crippen molar-refractivity contribution in [2.45, 2.75) is 38.8 Å². The number of benzene rings is 2. The van der Waals surface area contributed by atoms with Crippen LogP contribution in [0.2, 0.25) is 0 Å². The Kier molecular flexibility index (Phi) is 5.77. The van der Waals surface area contributed by atoms with Crippen molar-refractivity contribution in [3.63, 3.8) is 0 Å². The molecule has 6 rings (SSSR count). The van der Waals surface area contributed by atoms with Crippen LogP contribution in [0.1, 0.15) is 40.2 Å². The van der Waals surface area contributed by atoms with Crippen molar-refractivity contribution in [2.24, 2.45) is 0 Å². The van der Waals surface area contributed by atoms with E-state index in [2.05, 4.69) is 92.4 Å². The van der Waals surface area contributed by atoms with Gasteiger partial charge in [-0.3, -0.25) is 14.1 Å². The predicted octanol–water partition coefficient (Wildman–Crippen LogP) is 3.30. The summed E-state index contributed by atoms with van der Waals surface area (Å²) in [6.45, 7) is 7.82. The highest BCUT2D eigenvalue weighted by atomic mass is 16.1. The van der Waals surface area contributed by atoms with Crippen LogP contribution >= 0.6 is 0 Å². The van der Waals surface area contributed by atoms with E-state index < -0.39 is 0 Å². The summed E-state index contributed by atoms with van der Waals surface area (Å²) in [7, 11) is 4.04. The van der Waals surface area contributed by atoms with Gasteiger partial charge in [0.25, 0.3) is 0 Å². The van der Waals surface area contributed by atoms with E-state index in [4.69, 9.17) is 0 Å². The largest absolute Gasteiger partial charge is 0.315 e. The van der Waals surface area contributed by atoms with E-state index in [0.29, 0.717) is 12.1 Å². The number of nitrogens with one attached hydrogen (secondary N) is 2. The molecule has 0 aliphatic carbocycles. The summed E-state index contributed by atoms with van der Waals surface area (Å²) < 4.78 is 4.37. The molecule has 2 aliphatic rings. The number of hydrogen-bond acceptors (Lipinski definition) is 5. The molecule has 4 heterocycles. The zero-order valence-corrected chi connectivity index (χ0v) is 21.7. The highest BCUT2D eigenvalue weighted by Crippen LogP contribution is 2.29. The normalized spacial score (nSPS) is 20.3. The van der Waals surface area contributed by atoms with Gasteiger partial charge < -0.3 is 20.7 Å². The van der Waals surface area contributed by atoms with E-state index in [1.807, 2.05) is 14.1 Å². The lowest BCUT2D eigenvalue weighted by Gasteiger charge is -2.26. The van der Waals surface area contributed by atoms with E-state index in [1.165, 1.54) is 11.1 Å². The molecule has 2 aromatic carbocycles.